The number of aryl methyl sites for hydroxylation is 1. The highest BCUT2D eigenvalue weighted by atomic mass is 16.5. The first-order valence-electron chi connectivity index (χ1n) is 11.1. The highest BCUT2D eigenvalue weighted by Gasteiger charge is 2.50. The average Bonchev–Trinajstić information content (AvgIpc) is 3.22. The predicted molar refractivity (Wildman–Crippen MR) is 119 cm³/mol. The van der Waals surface area contributed by atoms with Crippen LogP contribution in [0.1, 0.15) is 83.4 Å². The Balaban J connectivity index is 1.84. The van der Waals surface area contributed by atoms with E-state index in [-0.39, 0.29) is 10.8 Å². The van der Waals surface area contributed by atoms with Crippen LogP contribution < -0.4 is 4.74 Å². The molecule has 1 saturated carbocycles. The molecule has 0 unspecified atom stereocenters. The predicted octanol–water partition coefficient (Wildman–Crippen LogP) is 6.34. The van der Waals surface area contributed by atoms with E-state index in [1.165, 1.54) is 48.4 Å². The number of allylic oxidation sites excluding steroid dienone is 3. The average molecular weight is 397 g/mol. The number of rotatable bonds is 9. The lowest BCUT2D eigenvalue weighted by Gasteiger charge is -2.20. The zero-order valence-electron chi connectivity index (χ0n) is 18.7. The van der Waals surface area contributed by atoms with Crippen molar-refractivity contribution in [1.82, 2.24) is 0 Å². The Kier molecular flexibility index (Phi) is 6.26. The second kappa shape index (κ2) is 8.38. The molecule has 1 aliphatic heterocycles. The van der Waals surface area contributed by atoms with Crippen molar-refractivity contribution in [2.45, 2.75) is 84.0 Å². The number of benzene rings is 1. The number of carboxylic acid groups (broad SMARTS) is 1. The number of hydrogen-bond acceptors (Lipinski definition) is 2. The van der Waals surface area contributed by atoms with Crippen LogP contribution in [0, 0.1) is 5.92 Å². The van der Waals surface area contributed by atoms with E-state index in [1.807, 2.05) is 13.0 Å². The summed E-state index contributed by atoms with van der Waals surface area (Å²) < 4.78 is 6.16. The highest BCUT2D eigenvalue weighted by molar-refractivity contribution is 5.81. The first kappa shape index (κ1) is 21.7. The molecule has 3 nitrogen and oxygen atoms in total. The topological polar surface area (TPSA) is 46.5 Å². The highest BCUT2D eigenvalue weighted by Crippen LogP contribution is 2.56. The lowest BCUT2D eigenvalue weighted by atomic mass is 9.81. The SMILES string of the molecule is CCCCCCc1cc([C@@]2(C)C[C@H]2C=CC(C)=CC(=O)O)cc2c1OCC2(C)C. The molecular formula is C26H36O3. The Morgan fingerprint density at radius 2 is 2.00 bits per heavy atom. The van der Waals surface area contributed by atoms with Crippen LogP contribution >= 0.6 is 0 Å². The molecule has 1 fully saturated rings. The van der Waals surface area contributed by atoms with Crippen molar-refractivity contribution in [3.05, 3.63) is 52.6 Å². The van der Waals surface area contributed by atoms with Gasteiger partial charge in [0.05, 0.1) is 6.61 Å². The Bertz CT molecular complexity index is 831. The molecule has 3 rings (SSSR count). The standard InChI is InChI=1S/C26H36O3/c1-6-7-8-9-10-19-14-21(15-22-24(19)29-17-25(22,3)4)26(5)16-20(26)12-11-18(2)13-23(27)28/h11-15,20H,6-10,16-17H2,1-5H3,(H,27,28)/t20-,26+/m1/s1. The maximum absolute atomic E-state index is 10.8. The van der Waals surface area contributed by atoms with Crippen LogP contribution in [0.3, 0.4) is 0 Å². The van der Waals surface area contributed by atoms with E-state index >= 15 is 0 Å². The van der Waals surface area contributed by atoms with Crippen molar-refractivity contribution >= 4 is 5.97 Å². The van der Waals surface area contributed by atoms with Crippen LogP contribution in [0.4, 0.5) is 0 Å². The fraction of sp³-hybridized carbons (Fsp3) is 0.577. The summed E-state index contributed by atoms with van der Waals surface area (Å²) in [4.78, 5) is 10.8. The number of ether oxygens (including phenoxy) is 1. The number of aliphatic carboxylic acids is 1. The molecule has 2 aliphatic rings. The van der Waals surface area contributed by atoms with E-state index in [0.717, 1.165) is 30.8 Å². The molecule has 1 heterocycles. The third-order valence-electron chi connectivity index (χ3n) is 6.68. The molecule has 0 amide bonds. The molecule has 0 saturated heterocycles. The van der Waals surface area contributed by atoms with E-state index in [1.54, 1.807) is 0 Å². The number of carboxylic acids is 1. The Morgan fingerprint density at radius 1 is 1.24 bits per heavy atom. The zero-order valence-corrected chi connectivity index (χ0v) is 18.7. The normalized spacial score (nSPS) is 25.1. The maximum atomic E-state index is 10.8. The molecular weight excluding hydrogens is 360 g/mol. The molecule has 0 aromatic heterocycles. The lowest BCUT2D eigenvalue weighted by Crippen LogP contribution is -2.18. The van der Waals surface area contributed by atoms with Gasteiger partial charge in [-0.1, -0.05) is 71.2 Å². The number of unbranched alkanes of at least 4 members (excludes halogenated alkanes) is 3. The van der Waals surface area contributed by atoms with Crippen molar-refractivity contribution in [1.29, 1.82) is 0 Å². The summed E-state index contributed by atoms with van der Waals surface area (Å²) in [6.45, 7) is 11.7. The molecule has 1 aromatic carbocycles. The second-order valence-electron chi connectivity index (χ2n) is 9.81. The van der Waals surface area contributed by atoms with Gasteiger partial charge >= 0.3 is 5.97 Å². The van der Waals surface area contributed by atoms with Crippen molar-refractivity contribution in [3.8, 4) is 5.75 Å². The maximum Gasteiger partial charge on any atom is 0.328 e. The van der Waals surface area contributed by atoms with Crippen LogP contribution in [0.5, 0.6) is 5.75 Å². The van der Waals surface area contributed by atoms with E-state index < -0.39 is 5.97 Å². The van der Waals surface area contributed by atoms with Gasteiger partial charge in [0, 0.05) is 17.1 Å². The van der Waals surface area contributed by atoms with E-state index in [4.69, 9.17) is 9.84 Å². The van der Waals surface area contributed by atoms with Crippen LogP contribution in [0.25, 0.3) is 0 Å². The smallest absolute Gasteiger partial charge is 0.328 e. The van der Waals surface area contributed by atoms with Gasteiger partial charge in [0.2, 0.25) is 0 Å². The van der Waals surface area contributed by atoms with Gasteiger partial charge in [-0.15, -0.1) is 0 Å². The molecule has 0 spiro atoms. The van der Waals surface area contributed by atoms with E-state index in [0.29, 0.717) is 5.92 Å². The number of fused-ring (bicyclic) bond motifs is 1. The fourth-order valence-electron chi connectivity index (χ4n) is 4.47. The second-order valence-corrected chi connectivity index (χ2v) is 9.81. The van der Waals surface area contributed by atoms with E-state index in [2.05, 4.69) is 45.9 Å². The van der Waals surface area contributed by atoms with Gasteiger partial charge in [0.25, 0.3) is 0 Å². The van der Waals surface area contributed by atoms with Gasteiger partial charge in [-0.2, -0.15) is 0 Å². The molecule has 2 atom stereocenters. The molecule has 29 heavy (non-hydrogen) atoms. The third kappa shape index (κ3) is 4.76. The summed E-state index contributed by atoms with van der Waals surface area (Å²) in [5, 5.41) is 8.90. The van der Waals surface area contributed by atoms with Crippen LogP contribution in [0.15, 0.2) is 35.9 Å². The number of carbonyl (C=O) groups is 1. The first-order chi connectivity index (χ1) is 13.7. The minimum atomic E-state index is -0.890. The third-order valence-corrected chi connectivity index (χ3v) is 6.68. The summed E-state index contributed by atoms with van der Waals surface area (Å²) in [6, 6.07) is 4.77. The van der Waals surface area contributed by atoms with Crippen molar-refractivity contribution in [2.24, 2.45) is 5.92 Å². The molecule has 1 N–H and O–H groups in total. The minimum Gasteiger partial charge on any atom is -0.492 e. The first-order valence-corrected chi connectivity index (χ1v) is 11.1. The molecule has 1 aromatic rings. The van der Waals surface area contributed by atoms with Gasteiger partial charge in [-0.05, 0) is 54.2 Å². The minimum absolute atomic E-state index is 0.0565. The van der Waals surface area contributed by atoms with Crippen molar-refractivity contribution < 1.29 is 14.6 Å². The summed E-state index contributed by atoms with van der Waals surface area (Å²) in [5.74, 6) is 0.696. The van der Waals surface area contributed by atoms with Crippen LogP contribution in [-0.4, -0.2) is 17.7 Å². The van der Waals surface area contributed by atoms with Crippen molar-refractivity contribution in [2.75, 3.05) is 6.61 Å². The lowest BCUT2D eigenvalue weighted by molar-refractivity contribution is -0.131. The fourth-order valence-corrected chi connectivity index (χ4v) is 4.47. The Labute approximate surface area is 175 Å². The number of hydrogen-bond donors (Lipinski definition) is 1. The van der Waals surface area contributed by atoms with Crippen LogP contribution in [-0.2, 0) is 22.0 Å². The molecule has 0 bridgehead atoms. The summed E-state index contributed by atoms with van der Waals surface area (Å²) >= 11 is 0. The van der Waals surface area contributed by atoms with Crippen molar-refractivity contribution in [3.63, 3.8) is 0 Å². The van der Waals surface area contributed by atoms with Gasteiger partial charge in [-0.3, -0.25) is 0 Å². The Morgan fingerprint density at radius 3 is 2.69 bits per heavy atom. The molecule has 0 radical (unpaired) electrons. The summed E-state index contributed by atoms with van der Waals surface area (Å²) in [5.41, 5.74) is 5.12. The zero-order chi connectivity index (χ0) is 21.2. The molecule has 3 heteroatoms. The van der Waals surface area contributed by atoms with Gasteiger partial charge in [0.1, 0.15) is 5.75 Å². The van der Waals surface area contributed by atoms with Crippen LogP contribution in [0.2, 0.25) is 0 Å². The quantitative estimate of drug-likeness (QED) is 0.301. The monoisotopic (exact) mass is 396 g/mol. The summed E-state index contributed by atoms with van der Waals surface area (Å²) in [6.07, 6.45) is 12.6. The molecule has 1 aliphatic carbocycles. The summed E-state index contributed by atoms with van der Waals surface area (Å²) in [7, 11) is 0. The van der Waals surface area contributed by atoms with E-state index in [9.17, 15) is 4.79 Å². The largest absolute Gasteiger partial charge is 0.492 e. The molecule has 158 valence electrons. The van der Waals surface area contributed by atoms with Gasteiger partial charge < -0.3 is 9.84 Å². The van der Waals surface area contributed by atoms with Gasteiger partial charge in [0.15, 0.2) is 0 Å². The van der Waals surface area contributed by atoms with Gasteiger partial charge in [-0.25, -0.2) is 4.79 Å². The Hall–Kier alpha value is -2.03.